The van der Waals surface area contributed by atoms with E-state index in [1.165, 1.54) is 11.1 Å². The second-order valence-corrected chi connectivity index (χ2v) is 5.54. The summed E-state index contributed by atoms with van der Waals surface area (Å²) in [5, 5.41) is 8.77. The molecule has 18 heavy (non-hydrogen) atoms. The molecule has 0 spiro atoms. The number of aryl methyl sites for hydroxylation is 1. The third kappa shape index (κ3) is 2.28. The summed E-state index contributed by atoms with van der Waals surface area (Å²) in [6, 6.07) is 8.42. The molecule has 1 aromatic heterocycles. The van der Waals surface area contributed by atoms with E-state index in [9.17, 15) is 0 Å². The Bertz CT molecular complexity index is 609. The van der Waals surface area contributed by atoms with Gasteiger partial charge in [-0.15, -0.1) is 0 Å². The van der Waals surface area contributed by atoms with Gasteiger partial charge in [0.1, 0.15) is 6.07 Å². The van der Waals surface area contributed by atoms with Crippen molar-refractivity contribution in [3.05, 3.63) is 41.3 Å². The predicted octanol–water partition coefficient (Wildman–Crippen LogP) is 3.55. The van der Waals surface area contributed by atoms with Crippen LogP contribution in [0, 0.1) is 18.3 Å². The Kier molecular flexibility index (Phi) is 2.96. The molecular weight excluding hydrogens is 222 g/mol. The zero-order valence-corrected chi connectivity index (χ0v) is 11.2. The zero-order valence-electron chi connectivity index (χ0n) is 11.2. The van der Waals surface area contributed by atoms with E-state index in [-0.39, 0.29) is 5.41 Å². The van der Waals surface area contributed by atoms with E-state index in [1.54, 1.807) is 6.20 Å². The van der Waals surface area contributed by atoms with E-state index < -0.39 is 0 Å². The molecule has 2 rings (SSSR count). The van der Waals surface area contributed by atoms with Crippen molar-refractivity contribution < 1.29 is 0 Å². The van der Waals surface area contributed by atoms with Gasteiger partial charge in [-0.3, -0.25) is 0 Å². The Labute approximate surface area is 107 Å². The maximum atomic E-state index is 8.77. The highest BCUT2D eigenvalue weighted by Gasteiger charge is 2.15. The monoisotopic (exact) mass is 239 g/mol. The summed E-state index contributed by atoms with van der Waals surface area (Å²) < 4.78 is 0. The Morgan fingerprint density at radius 3 is 2.50 bits per heavy atom. The van der Waals surface area contributed by atoms with E-state index in [0.29, 0.717) is 5.82 Å². The molecule has 0 unspecified atom stereocenters. The third-order valence-corrected chi connectivity index (χ3v) is 3.06. The van der Waals surface area contributed by atoms with Gasteiger partial charge >= 0.3 is 0 Å². The minimum atomic E-state index is 0.148. The van der Waals surface area contributed by atoms with Crippen LogP contribution in [0.15, 0.2) is 24.4 Å². The molecule has 0 radical (unpaired) electrons. The lowest BCUT2D eigenvalue weighted by Crippen LogP contribution is -2.11. The first-order valence-electron chi connectivity index (χ1n) is 5.98. The lowest BCUT2D eigenvalue weighted by atomic mass is 9.85. The van der Waals surface area contributed by atoms with Crippen LogP contribution in [0.3, 0.4) is 0 Å². The van der Waals surface area contributed by atoms with Gasteiger partial charge in [0, 0.05) is 5.56 Å². The smallest absolute Gasteiger partial charge is 0.210 e. The highest BCUT2D eigenvalue weighted by molar-refractivity contribution is 5.64. The maximum absolute atomic E-state index is 8.77. The topological polar surface area (TPSA) is 52.5 Å². The summed E-state index contributed by atoms with van der Waals surface area (Å²) in [6.07, 6.45) is 1.71. The molecule has 0 aliphatic carbocycles. The van der Waals surface area contributed by atoms with Gasteiger partial charge in [-0.1, -0.05) is 39.0 Å². The molecule has 92 valence electrons. The SMILES string of the molecule is Cc1cc(C(C)(C)C)ccc1-c1cnc(C#N)[nH]1. The number of H-pyrrole nitrogens is 1. The molecule has 3 heteroatoms. The van der Waals surface area contributed by atoms with Crippen molar-refractivity contribution in [2.45, 2.75) is 33.1 Å². The number of benzene rings is 1. The minimum Gasteiger partial charge on any atom is -0.329 e. The highest BCUT2D eigenvalue weighted by Crippen LogP contribution is 2.28. The maximum Gasteiger partial charge on any atom is 0.210 e. The fourth-order valence-electron chi connectivity index (χ4n) is 1.95. The number of imidazole rings is 1. The standard InChI is InChI=1S/C15H17N3/c1-10-7-11(15(2,3)4)5-6-12(10)13-9-17-14(8-16)18-13/h5-7,9H,1-4H3,(H,17,18). The molecule has 2 aromatic rings. The molecular formula is C15H17N3. The van der Waals surface area contributed by atoms with Crippen LogP contribution in [0.5, 0.6) is 0 Å². The van der Waals surface area contributed by atoms with Gasteiger partial charge in [-0.2, -0.15) is 5.26 Å². The van der Waals surface area contributed by atoms with Gasteiger partial charge < -0.3 is 4.98 Å². The number of aromatic amines is 1. The van der Waals surface area contributed by atoms with Crippen LogP contribution >= 0.6 is 0 Å². The van der Waals surface area contributed by atoms with Gasteiger partial charge in [0.25, 0.3) is 0 Å². The summed E-state index contributed by atoms with van der Waals surface area (Å²) in [4.78, 5) is 7.01. The molecule has 1 N–H and O–H groups in total. The second-order valence-electron chi connectivity index (χ2n) is 5.54. The van der Waals surface area contributed by atoms with Gasteiger partial charge in [0.2, 0.25) is 5.82 Å². The van der Waals surface area contributed by atoms with E-state index in [4.69, 9.17) is 5.26 Å². The average molecular weight is 239 g/mol. The molecule has 0 saturated heterocycles. The number of nitrogens with one attached hydrogen (secondary N) is 1. The quantitative estimate of drug-likeness (QED) is 0.827. The lowest BCUT2D eigenvalue weighted by Gasteiger charge is -2.20. The average Bonchev–Trinajstić information content (AvgIpc) is 2.76. The molecule has 0 fully saturated rings. The minimum absolute atomic E-state index is 0.148. The molecule has 0 saturated carbocycles. The van der Waals surface area contributed by atoms with Crippen molar-refractivity contribution in [3.8, 4) is 17.3 Å². The first-order chi connectivity index (χ1) is 8.41. The number of nitrogens with zero attached hydrogens (tertiary/aromatic N) is 2. The number of hydrogen-bond donors (Lipinski definition) is 1. The van der Waals surface area contributed by atoms with E-state index in [1.807, 2.05) is 6.07 Å². The molecule has 1 aromatic carbocycles. The van der Waals surface area contributed by atoms with Gasteiger partial charge in [-0.25, -0.2) is 4.98 Å². The van der Waals surface area contributed by atoms with Crippen LogP contribution < -0.4 is 0 Å². The molecule has 0 aliphatic heterocycles. The zero-order chi connectivity index (χ0) is 13.3. The molecule has 0 amide bonds. The summed E-state index contributed by atoms with van der Waals surface area (Å²) >= 11 is 0. The van der Waals surface area contributed by atoms with E-state index >= 15 is 0 Å². The van der Waals surface area contributed by atoms with Crippen molar-refractivity contribution in [1.29, 1.82) is 5.26 Å². The normalized spacial score (nSPS) is 11.3. The Balaban J connectivity index is 2.45. The molecule has 0 aliphatic rings. The largest absolute Gasteiger partial charge is 0.329 e. The Hall–Kier alpha value is -2.08. The Morgan fingerprint density at radius 1 is 1.28 bits per heavy atom. The van der Waals surface area contributed by atoms with Crippen LogP contribution in [-0.4, -0.2) is 9.97 Å². The van der Waals surface area contributed by atoms with Crippen molar-refractivity contribution >= 4 is 0 Å². The van der Waals surface area contributed by atoms with Crippen molar-refractivity contribution in [2.75, 3.05) is 0 Å². The number of nitriles is 1. The molecule has 0 atom stereocenters. The molecule has 0 bridgehead atoms. The highest BCUT2D eigenvalue weighted by atomic mass is 14.9. The summed E-state index contributed by atoms with van der Waals surface area (Å²) in [7, 11) is 0. The van der Waals surface area contributed by atoms with Crippen LogP contribution in [0.4, 0.5) is 0 Å². The predicted molar refractivity (Wildman–Crippen MR) is 72.2 cm³/mol. The van der Waals surface area contributed by atoms with Gasteiger partial charge in [0.05, 0.1) is 11.9 Å². The van der Waals surface area contributed by atoms with Gasteiger partial charge in [0.15, 0.2) is 0 Å². The van der Waals surface area contributed by atoms with Crippen LogP contribution in [0.25, 0.3) is 11.3 Å². The second kappa shape index (κ2) is 4.30. The van der Waals surface area contributed by atoms with Crippen LogP contribution in [0.2, 0.25) is 0 Å². The van der Waals surface area contributed by atoms with Crippen molar-refractivity contribution in [2.24, 2.45) is 0 Å². The fraction of sp³-hybridized carbons (Fsp3) is 0.333. The van der Waals surface area contributed by atoms with Crippen LogP contribution in [-0.2, 0) is 5.41 Å². The van der Waals surface area contributed by atoms with Crippen LogP contribution in [0.1, 0.15) is 37.7 Å². The third-order valence-electron chi connectivity index (χ3n) is 3.06. The lowest BCUT2D eigenvalue weighted by molar-refractivity contribution is 0.590. The van der Waals surface area contributed by atoms with Crippen molar-refractivity contribution in [3.63, 3.8) is 0 Å². The number of rotatable bonds is 1. The summed E-state index contributed by atoms with van der Waals surface area (Å²) in [6.45, 7) is 8.68. The Morgan fingerprint density at radius 2 is 2.00 bits per heavy atom. The molecule has 3 nitrogen and oxygen atoms in total. The number of hydrogen-bond acceptors (Lipinski definition) is 2. The summed E-state index contributed by atoms with van der Waals surface area (Å²) in [5.41, 5.74) is 4.63. The van der Waals surface area contributed by atoms with E-state index in [2.05, 4.69) is 55.9 Å². The first kappa shape index (κ1) is 12.4. The van der Waals surface area contributed by atoms with Gasteiger partial charge in [-0.05, 0) is 23.5 Å². The molecule has 1 heterocycles. The van der Waals surface area contributed by atoms with E-state index in [0.717, 1.165) is 11.3 Å². The summed E-state index contributed by atoms with van der Waals surface area (Å²) in [5.74, 6) is 0.351. The fourth-order valence-corrected chi connectivity index (χ4v) is 1.95. The number of aromatic nitrogens is 2. The van der Waals surface area contributed by atoms with Crippen molar-refractivity contribution in [1.82, 2.24) is 9.97 Å². The first-order valence-corrected chi connectivity index (χ1v) is 5.98.